The topological polar surface area (TPSA) is 71.5 Å². The first kappa shape index (κ1) is 12.8. The number of rotatable bonds is 4. The molecule has 0 aliphatic heterocycles. The second-order valence-electron chi connectivity index (χ2n) is 4.49. The van der Waals surface area contributed by atoms with Crippen molar-refractivity contribution in [3.8, 4) is 5.88 Å². The highest BCUT2D eigenvalue weighted by Crippen LogP contribution is 2.25. The minimum absolute atomic E-state index is 0.0918. The summed E-state index contributed by atoms with van der Waals surface area (Å²) in [6.45, 7) is 0.374. The van der Waals surface area contributed by atoms with Gasteiger partial charge in [-0.1, -0.05) is 6.07 Å². The Labute approximate surface area is 106 Å². The lowest BCUT2D eigenvalue weighted by atomic mass is 10.1. The number of aliphatic hydroxyl groups is 1. The molecule has 98 valence electrons. The van der Waals surface area contributed by atoms with Gasteiger partial charge in [0, 0.05) is 18.3 Å². The van der Waals surface area contributed by atoms with Gasteiger partial charge in [0.25, 0.3) is 0 Å². The van der Waals surface area contributed by atoms with Crippen molar-refractivity contribution in [2.24, 2.45) is 5.92 Å². The van der Waals surface area contributed by atoms with Crippen molar-refractivity contribution in [2.75, 3.05) is 7.11 Å². The Morgan fingerprint density at radius 2 is 2.44 bits per heavy atom. The molecule has 1 aromatic heterocycles. The summed E-state index contributed by atoms with van der Waals surface area (Å²) in [4.78, 5) is 16.0. The molecular weight excluding hydrogens is 232 g/mol. The molecule has 18 heavy (non-hydrogen) atoms. The summed E-state index contributed by atoms with van der Waals surface area (Å²) < 4.78 is 5.11. The molecule has 1 aromatic rings. The van der Waals surface area contributed by atoms with E-state index in [1.54, 1.807) is 19.4 Å². The number of hydrogen-bond acceptors (Lipinski definition) is 4. The highest BCUT2D eigenvalue weighted by atomic mass is 16.5. The van der Waals surface area contributed by atoms with E-state index in [1.165, 1.54) is 0 Å². The first-order chi connectivity index (χ1) is 8.72. The Kier molecular flexibility index (Phi) is 4.15. The van der Waals surface area contributed by atoms with E-state index in [0.29, 0.717) is 18.8 Å². The van der Waals surface area contributed by atoms with E-state index in [4.69, 9.17) is 4.74 Å². The zero-order valence-corrected chi connectivity index (χ0v) is 10.4. The molecule has 1 fully saturated rings. The lowest BCUT2D eigenvalue weighted by Crippen LogP contribution is -2.34. The Morgan fingerprint density at radius 1 is 1.61 bits per heavy atom. The van der Waals surface area contributed by atoms with Crippen molar-refractivity contribution >= 4 is 5.91 Å². The van der Waals surface area contributed by atoms with Gasteiger partial charge in [0.1, 0.15) is 0 Å². The molecule has 0 aromatic carbocycles. The number of nitrogens with zero attached hydrogens (tertiary/aromatic N) is 1. The van der Waals surface area contributed by atoms with Gasteiger partial charge in [-0.2, -0.15) is 0 Å². The molecule has 2 N–H and O–H groups in total. The van der Waals surface area contributed by atoms with Gasteiger partial charge in [0.05, 0.1) is 19.1 Å². The lowest BCUT2D eigenvalue weighted by Gasteiger charge is -2.15. The van der Waals surface area contributed by atoms with Crippen molar-refractivity contribution in [3.63, 3.8) is 0 Å². The molecule has 1 amide bonds. The number of aliphatic hydroxyl groups excluding tert-OH is 1. The van der Waals surface area contributed by atoms with E-state index < -0.39 is 6.10 Å². The molecule has 2 atom stereocenters. The SMILES string of the molecule is COc1ncccc1CNC(=O)C1CCCC1O. The number of carbonyl (C=O) groups excluding carboxylic acids is 1. The summed E-state index contributed by atoms with van der Waals surface area (Å²) in [6, 6.07) is 3.66. The van der Waals surface area contributed by atoms with E-state index in [9.17, 15) is 9.90 Å². The fourth-order valence-electron chi connectivity index (χ4n) is 2.30. The van der Waals surface area contributed by atoms with Crippen LogP contribution < -0.4 is 10.1 Å². The maximum Gasteiger partial charge on any atom is 0.225 e. The highest BCUT2D eigenvalue weighted by molar-refractivity contribution is 5.79. The van der Waals surface area contributed by atoms with Crippen LogP contribution in [0.1, 0.15) is 24.8 Å². The molecular formula is C13H18N2O3. The Balaban J connectivity index is 1.93. The van der Waals surface area contributed by atoms with Gasteiger partial charge in [-0.15, -0.1) is 0 Å². The molecule has 0 bridgehead atoms. The highest BCUT2D eigenvalue weighted by Gasteiger charge is 2.31. The number of pyridine rings is 1. The molecule has 5 heteroatoms. The number of aromatic nitrogens is 1. The average molecular weight is 250 g/mol. The number of ether oxygens (including phenoxy) is 1. The van der Waals surface area contributed by atoms with Crippen molar-refractivity contribution in [3.05, 3.63) is 23.9 Å². The summed E-state index contributed by atoms with van der Waals surface area (Å²) in [5, 5.41) is 12.5. The van der Waals surface area contributed by atoms with Crippen LogP contribution in [-0.2, 0) is 11.3 Å². The van der Waals surface area contributed by atoms with Gasteiger partial charge in [0.2, 0.25) is 11.8 Å². The Hall–Kier alpha value is -1.62. The molecule has 1 aliphatic carbocycles. The van der Waals surface area contributed by atoms with Gasteiger partial charge in [-0.3, -0.25) is 4.79 Å². The van der Waals surface area contributed by atoms with E-state index in [1.807, 2.05) is 6.07 Å². The second-order valence-corrected chi connectivity index (χ2v) is 4.49. The monoisotopic (exact) mass is 250 g/mol. The van der Waals surface area contributed by atoms with Crippen LogP contribution in [0.3, 0.4) is 0 Å². The molecule has 0 saturated heterocycles. The van der Waals surface area contributed by atoms with Gasteiger partial charge >= 0.3 is 0 Å². The van der Waals surface area contributed by atoms with Crippen LogP contribution in [0.5, 0.6) is 5.88 Å². The summed E-state index contributed by atoms with van der Waals surface area (Å²) in [5.74, 6) is 0.156. The Morgan fingerprint density at radius 3 is 3.11 bits per heavy atom. The van der Waals surface area contributed by atoms with E-state index in [0.717, 1.165) is 18.4 Å². The normalized spacial score (nSPS) is 22.8. The minimum atomic E-state index is -0.499. The van der Waals surface area contributed by atoms with Crippen LogP contribution in [0.15, 0.2) is 18.3 Å². The molecule has 1 saturated carbocycles. The van der Waals surface area contributed by atoms with Crippen LogP contribution in [0.25, 0.3) is 0 Å². The maximum absolute atomic E-state index is 11.9. The predicted octanol–water partition coefficient (Wildman–Crippen LogP) is 0.867. The first-order valence-electron chi connectivity index (χ1n) is 6.16. The summed E-state index contributed by atoms with van der Waals surface area (Å²) >= 11 is 0. The smallest absolute Gasteiger partial charge is 0.225 e. The van der Waals surface area contributed by atoms with Crippen LogP contribution in [0, 0.1) is 5.92 Å². The zero-order valence-electron chi connectivity index (χ0n) is 10.4. The molecule has 5 nitrogen and oxygen atoms in total. The van der Waals surface area contributed by atoms with E-state index in [-0.39, 0.29) is 11.8 Å². The fourth-order valence-corrected chi connectivity index (χ4v) is 2.30. The largest absolute Gasteiger partial charge is 0.481 e. The van der Waals surface area contributed by atoms with Crippen molar-refractivity contribution < 1.29 is 14.6 Å². The molecule has 1 aliphatic rings. The minimum Gasteiger partial charge on any atom is -0.481 e. The van der Waals surface area contributed by atoms with Gasteiger partial charge in [0.15, 0.2) is 0 Å². The average Bonchev–Trinajstić information content (AvgIpc) is 2.82. The third-order valence-electron chi connectivity index (χ3n) is 3.31. The van der Waals surface area contributed by atoms with E-state index in [2.05, 4.69) is 10.3 Å². The van der Waals surface area contributed by atoms with Gasteiger partial charge < -0.3 is 15.2 Å². The fraction of sp³-hybridized carbons (Fsp3) is 0.538. The third-order valence-corrected chi connectivity index (χ3v) is 3.31. The van der Waals surface area contributed by atoms with Crippen LogP contribution in [0.2, 0.25) is 0 Å². The standard InChI is InChI=1S/C13H18N2O3/c1-18-13-9(4-3-7-14-13)8-15-12(17)10-5-2-6-11(10)16/h3-4,7,10-11,16H,2,5-6,8H2,1H3,(H,15,17). The van der Waals surface area contributed by atoms with Crippen molar-refractivity contribution in [1.82, 2.24) is 10.3 Å². The zero-order chi connectivity index (χ0) is 13.0. The molecule has 2 unspecified atom stereocenters. The summed E-state index contributed by atoms with van der Waals surface area (Å²) in [7, 11) is 1.55. The third kappa shape index (κ3) is 2.79. The van der Waals surface area contributed by atoms with Crippen LogP contribution in [0.4, 0.5) is 0 Å². The number of hydrogen-bond donors (Lipinski definition) is 2. The Bertz CT molecular complexity index is 422. The van der Waals surface area contributed by atoms with Gasteiger partial charge in [-0.05, 0) is 25.3 Å². The quantitative estimate of drug-likeness (QED) is 0.831. The second kappa shape index (κ2) is 5.82. The number of carbonyl (C=O) groups is 1. The lowest BCUT2D eigenvalue weighted by molar-refractivity contribution is -0.127. The van der Waals surface area contributed by atoms with Crippen molar-refractivity contribution in [2.45, 2.75) is 31.9 Å². The van der Waals surface area contributed by atoms with Gasteiger partial charge in [-0.25, -0.2) is 4.98 Å². The number of amides is 1. The number of nitrogens with one attached hydrogen (secondary N) is 1. The molecule has 2 rings (SSSR count). The molecule has 0 spiro atoms. The van der Waals surface area contributed by atoms with Crippen LogP contribution >= 0.6 is 0 Å². The maximum atomic E-state index is 11.9. The summed E-state index contributed by atoms with van der Waals surface area (Å²) in [5.41, 5.74) is 0.834. The first-order valence-corrected chi connectivity index (χ1v) is 6.16. The molecule has 0 radical (unpaired) electrons. The predicted molar refractivity (Wildman–Crippen MR) is 66.0 cm³/mol. The van der Waals surface area contributed by atoms with Crippen LogP contribution in [-0.4, -0.2) is 29.2 Å². The van der Waals surface area contributed by atoms with E-state index >= 15 is 0 Å². The van der Waals surface area contributed by atoms with Crippen molar-refractivity contribution in [1.29, 1.82) is 0 Å². The number of methoxy groups -OCH3 is 1. The molecule has 1 heterocycles. The summed E-state index contributed by atoms with van der Waals surface area (Å²) in [6.07, 6.45) is 3.53.